The third-order valence-corrected chi connectivity index (χ3v) is 4.55. The fraction of sp³-hybridized carbons (Fsp3) is 0.933. The van der Waals surface area contributed by atoms with Crippen molar-refractivity contribution in [2.45, 2.75) is 59.4 Å². The van der Waals surface area contributed by atoms with E-state index in [1.165, 1.54) is 19.3 Å². The first-order valence-electron chi connectivity index (χ1n) is 7.53. The molecule has 18 heavy (non-hydrogen) atoms. The number of nitrogens with zero attached hydrogens (tertiary/aromatic N) is 1. The van der Waals surface area contributed by atoms with Crippen LogP contribution in [0, 0.1) is 5.41 Å². The summed E-state index contributed by atoms with van der Waals surface area (Å²) in [5, 5.41) is 3.32. The second kappa shape index (κ2) is 7.25. The normalized spacial score (nSPS) is 21.8. The van der Waals surface area contributed by atoms with Crippen LogP contribution in [-0.4, -0.2) is 42.9 Å². The van der Waals surface area contributed by atoms with Gasteiger partial charge in [-0.15, -0.1) is 0 Å². The van der Waals surface area contributed by atoms with Crippen molar-refractivity contribution in [1.29, 1.82) is 0 Å². The number of piperidine rings is 1. The molecular weight excluding hydrogens is 224 g/mol. The molecule has 1 aliphatic heterocycles. The number of carbonyl (C=O) groups is 1. The van der Waals surface area contributed by atoms with E-state index in [1.807, 2.05) is 6.92 Å². The highest BCUT2D eigenvalue weighted by Gasteiger charge is 2.29. The number of carbonyl (C=O) groups excluding carboxylic acids is 1. The second-order valence-corrected chi connectivity index (χ2v) is 5.89. The van der Waals surface area contributed by atoms with Crippen LogP contribution in [-0.2, 0) is 4.79 Å². The highest BCUT2D eigenvalue weighted by atomic mass is 16.1. The van der Waals surface area contributed by atoms with Gasteiger partial charge < -0.3 is 10.2 Å². The van der Waals surface area contributed by atoms with Gasteiger partial charge in [0.2, 0.25) is 0 Å². The van der Waals surface area contributed by atoms with E-state index in [1.54, 1.807) is 0 Å². The van der Waals surface area contributed by atoms with Gasteiger partial charge in [0.1, 0.15) is 0 Å². The molecule has 0 saturated carbocycles. The van der Waals surface area contributed by atoms with Crippen LogP contribution in [0.1, 0.15) is 53.4 Å². The van der Waals surface area contributed by atoms with Crippen molar-refractivity contribution < 1.29 is 4.79 Å². The van der Waals surface area contributed by atoms with Crippen molar-refractivity contribution in [3.63, 3.8) is 0 Å². The van der Waals surface area contributed by atoms with Crippen LogP contribution < -0.4 is 5.32 Å². The number of Topliss-reactive ketones (excluding diaryl/α,β-unsaturated/α-hetero) is 1. The maximum Gasteiger partial charge on any atom is 0.150 e. The maximum atomic E-state index is 11.9. The Kier molecular flexibility index (Phi) is 6.30. The third-order valence-electron chi connectivity index (χ3n) is 4.55. The molecule has 1 fully saturated rings. The van der Waals surface area contributed by atoms with Crippen molar-refractivity contribution in [3.05, 3.63) is 0 Å². The lowest BCUT2D eigenvalue weighted by Gasteiger charge is -2.40. The van der Waals surface area contributed by atoms with Gasteiger partial charge in [-0.25, -0.2) is 0 Å². The smallest absolute Gasteiger partial charge is 0.150 e. The minimum atomic E-state index is 0.0333. The molecule has 0 bridgehead atoms. The summed E-state index contributed by atoms with van der Waals surface area (Å²) in [7, 11) is 0. The molecule has 1 aliphatic rings. The van der Waals surface area contributed by atoms with E-state index in [4.69, 9.17) is 0 Å². The molecule has 0 aromatic carbocycles. The molecule has 0 aromatic rings. The van der Waals surface area contributed by atoms with Crippen LogP contribution in [0.3, 0.4) is 0 Å². The van der Waals surface area contributed by atoms with Gasteiger partial charge in [-0.05, 0) is 37.9 Å². The van der Waals surface area contributed by atoms with Gasteiger partial charge in [0.15, 0.2) is 5.78 Å². The number of hydrogen-bond acceptors (Lipinski definition) is 3. The summed E-state index contributed by atoms with van der Waals surface area (Å²) < 4.78 is 0. The fourth-order valence-electron chi connectivity index (χ4n) is 2.66. The van der Waals surface area contributed by atoms with Crippen LogP contribution in [0.2, 0.25) is 0 Å². The minimum Gasteiger partial charge on any atom is -0.307 e. The molecule has 1 atom stereocenters. The Morgan fingerprint density at radius 3 is 2.33 bits per heavy atom. The molecule has 1 rings (SSSR count). The SMILES string of the molecule is CCNC(CN1CCC(C)(CC)CC1)C(=O)CC. The summed E-state index contributed by atoms with van der Waals surface area (Å²) in [4.78, 5) is 14.3. The van der Waals surface area contributed by atoms with Gasteiger partial charge in [-0.2, -0.15) is 0 Å². The number of likely N-dealkylation sites (tertiary alicyclic amines) is 1. The third kappa shape index (κ3) is 4.36. The Morgan fingerprint density at radius 1 is 1.28 bits per heavy atom. The van der Waals surface area contributed by atoms with Crippen LogP contribution >= 0.6 is 0 Å². The maximum absolute atomic E-state index is 11.9. The number of nitrogens with one attached hydrogen (secondary N) is 1. The molecule has 0 aliphatic carbocycles. The zero-order chi connectivity index (χ0) is 13.6. The summed E-state index contributed by atoms with van der Waals surface area (Å²) in [6.45, 7) is 12.8. The quantitative estimate of drug-likeness (QED) is 0.757. The molecule has 0 amide bonds. The average Bonchev–Trinajstić information content (AvgIpc) is 2.40. The highest BCUT2D eigenvalue weighted by Crippen LogP contribution is 2.33. The molecule has 0 spiro atoms. The van der Waals surface area contributed by atoms with Gasteiger partial charge in [-0.3, -0.25) is 4.79 Å². The lowest BCUT2D eigenvalue weighted by atomic mass is 9.78. The van der Waals surface area contributed by atoms with Crippen molar-refractivity contribution in [1.82, 2.24) is 10.2 Å². The Bertz CT molecular complexity index is 257. The zero-order valence-electron chi connectivity index (χ0n) is 12.6. The summed E-state index contributed by atoms with van der Waals surface area (Å²) >= 11 is 0. The van der Waals surface area contributed by atoms with Crippen LogP contribution in [0.5, 0.6) is 0 Å². The van der Waals surface area contributed by atoms with E-state index in [9.17, 15) is 4.79 Å². The first kappa shape index (κ1) is 15.6. The fourth-order valence-corrected chi connectivity index (χ4v) is 2.66. The Hall–Kier alpha value is -0.410. The van der Waals surface area contributed by atoms with Gasteiger partial charge in [-0.1, -0.05) is 34.1 Å². The van der Waals surface area contributed by atoms with E-state index in [0.717, 1.165) is 26.2 Å². The molecule has 106 valence electrons. The molecule has 3 heteroatoms. The minimum absolute atomic E-state index is 0.0333. The Balaban J connectivity index is 2.44. The summed E-state index contributed by atoms with van der Waals surface area (Å²) in [5.74, 6) is 0.348. The average molecular weight is 254 g/mol. The van der Waals surface area contributed by atoms with Crippen molar-refractivity contribution >= 4 is 5.78 Å². The number of likely N-dealkylation sites (N-methyl/N-ethyl adjacent to an activating group) is 1. The standard InChI is InChI=1S/C15H30N2O/c1-5-14(18)13(16-7-3)12-17-10-8-15(4,6-2)9-11-17/h13,16H,5-12H2,1-4H3. The second-order valence-electron chi connectivity index (χ2n) is 5.89. The van der Waals surface area contributed by atoms with Gasteiger partial charge in [0.25, 0.3) is 0 Å². The number of ketones is 1. The van der Waals surface area contributed by atoms with Crippen LogP contribution in [0.4, 0.5) is 0 Å². The zero-order valence-corrected chi connectivity index (χ0v) is 12.6. The molecule has 3 nitrogen and oxygen atoms in total. The van der Waals surface area contributed by atoms with E-state index in [2.05, 4.69) is 31.0 Å². The molecule has 0 radical (unpaired) electrons. The van der Waals surface area contributed by atoms with Gasteiger partial charge in [0.05, 0.1) is 6.04 Å². The van der Waals surface area contributed by atoms with E-state index < -0.39 is 0 Å². The Labute approximate surface area is 112 Å². The van der Waals surface area contributed by atoms with Gasteiger partial charge in [0, 0.05) is 13.0 Å². The summed E-state index contributed by atoms with van der Waals surface area (Å²) in [5.41, 5.74) is 0.527. The predicted octanol–water partition coefficient (Wildman–Crippen LogP) is 2.46. The molecule has 1 heterocycles. The number of hydrogen-bond donors (Lipinski definition) is 1. The van der Waals surface area contributed by atoms with Crippen molar-refractivity contribution in [2.24, 2.45) is 5.41 Å². The number of rotatable bonds is 7. The summed E-state index contributed by atoms with van der Waals surface area (Å²) in [6, 6.07) is 0.0333. The van der Waals surface area contributed by atoms with Crippen molar-refractivity contribution in [2.75, 3.05) is 26.2 Å². The first-order chi connectivity index (χ1) is 8.54. The lowest BCUT2D eigenvalue weighted by molar-refractivity contribution is -0.121. The molecule has 1 unspecified atom stereocenters. The monoisotopic (exact) mass is 254 g/mol. The molecule has 1 N–H and O–H groups in total. The predicted molar refractivity (Wildman–Crippen MR) is 76.8 cm³/mol. The molecular formula is C15H30N2O. The van der Waals surface area contributed by atoms with Crippen molar-refractivity contribution in [3.8, 4) is 0 Å². The Morgan fingerprint density at radius 2 is 1.89 bits per heavy atom. The van der Waals surface area contributed by atoms with Gasteiger partial charge >= 0.3 is 0 Å². The summed E-state index contributed by atoms with van der Waals surface area (Å²) in [6.07, 6.45) is 4.44. The highest BCUT2D eigenvalue weighted by molar-refractivity contribution is 5.83. The molecule has 1 saturated heterocycles. The van der Waals surface area contributed by atoms with E-state index >= 15 is 0 Å². The first-order valence-corrected chi connectivity index (χ1v) is 7.53. The molecule has 0 aromatic heterocycles. The van der Waals surface area contributed by atoms with Crippen LogP contribution in [0.15, 0.2) is 0 Å². The lowest BCUT2D eigenvalue weighted by Crippen LogP contribution is -2.49. The largest absolute Gasteiger partial charge is 0.307 e. The van der Waals surface area contributed by atoms with Crippen LogP contribution in [0.25, 0.3) is 0 Å². The van der Waals surface area contributed by atoms with E-state index in [-0.39, 0.29) is 6.04 Å². The topological polar surface area (TPSA) is 32.3 Å². The van der Waals surface area contributed by atoms with E-state index in [0.29, 0.717) is 17.6 Å².